The van der Waals surface area contributed by atoms with Crippen molar-refractivity contribution in [1.29, 1.82) is 0 Å². The molecule has 0 saturated heterocycles. The quantitative estimate of drug-likeness (QED) is 0.806. The van der Waals surface area contributed by atoms with Gasteiger partial charge in [-0.1, -0.05) is 11.6 Å². The summed E-state index contributed by atoms with van der Waals surface area (Å²) in [5, 5.41) is 0.0475. The lowest BCUT2D eigenvalue weighted by Crippen LogP contribution is -2.08. The molecule has 0 radical (unpaired) electrons. The molecule has 0 unspecified atom stereocenters. The average Bonchev–Trinajstić information content (AvgIpc) is 2.92. The third-order valence-electron chi connectivity index (χ3n) is 3.30. The minimum absolute atomic E-state index is 0.0475. The van der Waals surface area contributed by atoms with Crippen molar-refractivity contribution in [2.75, 3.05) is 5.73 Å². The number of nitrogen functional groups attached to an aromatic ring is 1. The Bertz CT molecular complexity index is 777. The third-order valence-corrected chi connectivity index (χ3v) is 3.59. The number of aromatic nitrogens is 4. The van der Waals surface area contributed by atoms with Gasteiger partial charge in [-0.05, 0) is 6.07 Å². The van der Waals surface area contributed by atoms with E-state index < -0.39 is 5.82 Å². The Morgan fingerprint density at radius 2 is 2.20 bits per heavy atom. The zero-order chi connectivity index (χ0) is 14.3. The number of hydrogen-bond acceptors (Lipinski definition) is 3. The van der Waals surface area contributed by atoms with Gasteiger partial charge >= 0.3 is 0 Å². The highest BCUT2D eigenvalue weighted by Gasteiger charge is 2.12. The van der Waals surface area contributed by atoms with Crippen molar-refractivity contribution >= 4 is 28.6 Å². The lowest BCUT2D eigenvalue weighted by atomic mass is 10.3. The Morgan fingerprint density at radius 3 is 2.90 bits per heavy atom. The van der Waals surface area contributed by atoms with Crippen LogP contribution in [-0.2, 0) is 20.0 Å². The highest BCUT2D eigenvalue weighted by atomic mass is 35.5. The van der Waals surface area contributed by atoms with Gasteiger partial charge in [0.15, 0.2) is 0 Å². The van der Waals surface area contributed by atoms with Crippen molar-refractivity contribution in [2.24, 2.45) is 7.05 Å². The molecular formula is C13H13ClFN5. The number of halogens is 2. The lowest BCUT2D eigenvalue weighted by molar-refractivity contribution is 0.626. The molecule has 0 aliphatic rings. The average molecular weight is 294 g/mol. The summed E-state index contributed by atoms with van der Waals surface area (Å²) in [5.74, 6) is 0.800. The van der Waals surface area contributed by atoms with Crippen LogP contribution in [0.2, 0.25) is 5.02 Å². The molecule has 2 aromatic heterocycles. The summed E-state index contributed by atoms with van der Waals surface area (Å²) in [6.07, 6.45) is 4.30. The number of nitrogens with two attached hydrogens (primary N) is 1. The summed E-state index contributed by atoms with van der Waals surface area (Å²) in [6, 6.07) is 2.85. The second-order valence-corrected chi connectivity index (χ2v) is 4.99. The van der Waals surface area contributed by atoms with E-state index in [1.807, 2.05) is 17.8 Å². The fraction of sp³-hybridized carbons (Fsp3) is 0.231. The van der Waals surface area contributed by atoms with Crippen molar-refractivity contribution in [3.05, 3.63) is 41.2 Å². The third kappa shape index (κ3) is 2.12. The van der Waals surface area contributed by atoms with Crippen LogP contribution in [0.1, 0.15) is 5.82 Å². The number of hydrogen-bond donors (Lipinski definition) is 1. The number of anilines is 1. The number of fused-ring (bicyclic) bond motifs is 1. The molecule has 1 aromatic carbocycles. The van der Waals surface area contributed by atoms with Gasteiger partial charge in [-0.3, -0.25) is 0 Å². The predicted molar refractivity (Wildman–Crippen MR) is 76.0 cm³/mol. The topological polar surface area (TPSA) is 61.7 Å². The van der Waals surface area contributed by atoms with E-state index in [9.17, 15) is 4.39 Å². The van der Waals surface area contributed by atoms with E-state index in [0.717, 1.165) is 5.82 Å². The van der Waals surface area contributed by atoms with Gasteiger partial charge in [0.1, 0.15) is 11.6 Å². The first-order valence-corrected chi connectivity index (χ1v) is 6.51. The van der Waals surface area contributed by atoms with Crippen molar-refractivity contribution in [3.8, 4) is 0 Å². The molecular weight excluding hydrogens is 281 g/mol. The minimum Gasteiger partial charge on any atom is -0.369 e. The molecule has 0 atom stereocenters. The van der Waals surface area contributed by atoms with E-state index in [1.54, 1.807) is 10.8 Å². The number of imidazole rings is 2. The van der Waals surface area contributed by atoms with E-state index in [2.05, 4.69) is 9.97 Å². The van der Waals surface area contributed by atoms with Crippen LogP contribution in [0.4, 0.5) is 10.3 Å². The van der Waals surface area contributed by atoms with E-state index >= 15 is 0 Å². The molecule has 0 aliphatic heterocycles. The maximum atomic E-state index is 13.6. The smallest absolute Gasteiger partial charge is 0.201 e. The molecule has 3 rings (SSSR count). The van der Waals surface area contributed by atoms with Crippen molar-refractivity contribution in [1.82, 2.24) is 19.1 Å². The van der Waals surface area contributed by atoms with Crippen LogP contribution < -0.4 is 5.73 Å². The van der Waals surface area contributed by atoms with Crippen LogP contribution in [0.5, 0.6) is 0 Å². The van der Waals surface area contributed by atoms with Gasteiger partial charge in [-0.25, -0.2) is 14.4 Å². The summed E-state index contributed by atoms with van der Waals surface area (Å²) in [7, 11) is 1.93. The maximum absolute atomic E-state index is 13.6. The van der Waals surface area contributed by atoms with E-state index in [4.69, 9.17) is 17.3 Å². The first kappa shape index (κ1) is 12.9. The van der Waals surface area contributed by atoms with Crippen LogP contribution in [0.15, 0.2) is 24.5 Å². The zero-order valence-electron chi connectivity index (χ0n) is 10.8. The second-order valence-electron chi connectivity index (χ2n) is 4.58. The molecule has 20 heavy (non-hydrogen) atoms. The van der Waals surface area contributed by atoms with Crippen molar-refractivity contribution in [3.63, 3.8) is 0 Å². The highest BCUT2D eigenvalue weighted by molar-refractivity contribution is 6.31. The molecule has 0 fully saturated rings. The van der Waals surface area contributed by atoms with Gasteiger partial charge in [0.05, 0.1) is 16.1 Å². The predicted octanol–water partition coefficient (Wildman–Crippen LogP) is 2.39. The van der Waals surface area contributed by atoms with Crippen LogP contribution in [-0.4, -0.2) is 19.1 Å². The fourth-order valence-corrected chi connectivity index (χ4v) is 2.38. The largest absolute Gasteiger partial charge is 0.369 e. The van der Waals surface area contributed by atoms with E-state index in [1.165, 1.54) is 12.1 Å². The molecule has 0 saturated carbocycles. The lowest BCUT2D eigenvalue weighted by Gasteiger charge is -2.07. The zero-order valence-corrected chi connectivity index (χ0v) is 11.6. The number of aryl methyl sites for hydroxylation is 3. The Balaban J connectivity index is 1.97. The van der Waals surface area contributed by atoms with Gasteiger partial charge in [-0.2, -0.15) is 0 Å². The fourth-order valence-electron chi connectivity index (χ4n) is 2.22. The van der Waals surface area contributed by atoms with Crippen LogP contribution in [0.3, 0.4) is 0 Å². The van der Waals surface area contributed by atoms with Crippen LogP contribution in [0.25, 0.3) is 11.0 Å². The summed E-state index contributed by atoms with van der Waals surface area (Å²) < 4.78 is 17.3. The molecule has 104 valence electrons. The molecule has 0 amide bonds. The molecule has 0 bridgehead atoms. The normalized spacial score (nSPS) is 11.3. The number of benzene rings is 1. The Kier molecular flexibility index (Phi) is 3.10. The summed E-state index contributed by atoms with van der Waals surface area (Å²) in [6.45, 7) is 0.578. The molecule has 5 nitrogen and oxygen atoms in total. The van der Waals surface area contributed by atoms with E-state index in [0.29, 0.717) is 29.9 Å². The van der Waals surface area contributed by atoms with Crippen LogP contribution in [0, 0.1) is 5.82 Å². The SMILES string of the molecule is Cn1ccnc1CCn1c(N)nc2cc(Cl)c(F)cc21. The van der Waals surface area contributed by atoms with E-state index in [-0.39, 0.29) is 5.02 Å². The first-order chi connectivity index (χ1) is 9.56. The van der Waals surface area contributed by atoms with Crippen molar-refractivity contribution < 1.29 is 4.39 Å². The van der Waals surface area contributed by atoms with Gasteiger partial charge in [0.2, 0.25) is 5.95 Å². The molecule has 0 spiro atoms. The molecule has 3 aromatic rings. The van der Waals surface area contributed by atoms with Gasteiger partial charge in [-0.15, -0.1) is 0 Å². The molecule has 2 N–H and O–H groups in total. The Hall–Kier alpha value is -2.08. The standard InChI is InChI=1S/C13H13ClFN5/c1-19-5-3-17-12(19)2-4-20-11-7-9(15)8(14)6-10(11)18-13(20)16/h3,5-7H,2,4H2,1H3,(H2,16,18). The number of rotatable bonds is 3. The van der Waals surface area contributed by atoms with Crippen molar-refractivity contribution in [2.45, 2.75) is 13.0 Å². The van der Waals surface area contributed by atoms with Gasteiger partial charge < -0.3 is 14.9 Å². The number of nitrogens with zero attached hydrogens (tertiary/aromatic N) is 4. The monoisotopic (exact) mass is 293 g/mol. The van der Waals surface area contributed by atoms with Gasteiger partial charge in [0.25, 0.3) is 0 Å². The Labute approximate surface area is 119 Å². The summed E-state index contributed by atoms with van der Waals surface area (Å²) in [4.78, 5) is 8.45. The summed E-state index contributed by atoms with van der Waals surface area (Å²) in [5.41, 5.74) is 7.12. The maximum Gasteiger partial charge on any atom is 0.201 e. The van der Waals surface area contributed by atoms with Gasteiger partial charge in [0, 0.05) is 38.5 Å². The minimum atomic E-state index is -0.475. The Morgan fingerprint density at radius 1 is 1.40 bits per heavy atom. The van der Waals surface area contributed by atoms with Crippen LogP contribution >= 0.6 is 11.6 Å². The highest BCUT2D eigenvalue weighted by Crippen LogP contribution is 2.24. The second kappa shape index (κ2) is 4.79. The summed E-state index contributed by atoms with van der Waals surface area (Å²) >= 11 is 5.75. The first-order valence-electron chi connectivity index (χ1n) is 6.13. The molecule has 2 heterocycles. The molecule has 7 heteroatoms. The molecule has 0 aliphatic carbocycles.